The predicted molar refractivity (Wildman–Crippen MR) is 65.7 cm³/mol. The van der Waals surface area contributed by atoms with Crippen molar-refractivity contribution >= 4 is 6.02 Å². The summed E-state index contributed by atoms with van der Waals surface area (Å²) in [4.78, 5) is 4.08. The van der Waals surface area contributed by atoms with Crippen LogP contribution < -0.4 is 5.73 Å². The van der Waals surface area contributed by atoms with Gasteiger partial charge in [0.25, 0.3) is 6.02 Å². The van der Waals surface area contributed by atoms with Crippen molar-refractivity contribution in [3.63, 3.8) is 0 Å². The molecule has 0 aliphatic carbocycles. The second-order valence-corrected chi connectivity index (χ2v) is 4.89. The molecule has 1 aromatic rings. The van der Waals surface area contributed by atoms with E-state index in [0.717, 1.165) is 11.1 Å². The van der Waals surface area contributed by atoms with Gasteiger partial charge in [0.2, 0.25) is 0 Å². The molecule has 0 spiro atoms. The highest BCUT2D eigenvalue weighted by Gasteiger charge is 2.49. The van der Waals surface area contributed by atoms with Crippen molar-refractivity contribution in [2.24, 2.45) is 10.7 Å². The molecule has 2 atom stereocenters. The second-order valence-electron chi connectivity index (χ2n) is 4.89. The molecule has 2 N–H and O–H groups in total. The van der Waals surface area contributed by atoms with Crippen molar-refractivity contribution in [1.29, 1.82) is 0 Å². The highest BCUT2D eigenvalue weighted by molar-refractivity contribution is 5.73. The summed E-state index contributed by atoms with van der Waals surface area (Å²) in [5, 5.41) is 0. The number of nitrogens with zero attached hydrogens (tertiary/aromatic N) is 1. The first-order chi connectivity index (χ1) is 8.72. The molecule has 0 saturated heterocycles. The van der Waals surface area contributed by atoms with Gasteiger partial charge in [-0.15, -0.1) is 0 Å². The first-order valence-electron chi connectivity index (χ1n) is 5.87. The van der Waals surface area contributed by atoms with E-state index in [-0.39, 0.29) is 6.42 Å². The number of ether oxygens (including phenoxy) is 1. The van der Waals surface area contributed by atoms with E-state index in [1.165, 1.54) is 0 Å². The SMILES string of the molecule is Cc1ccccc1[C@]1(C)C[C@@H](C(F)(F)F)OC(N)=N1. The van der Waals surface area contributed by atoms with E-state index in [1.807, 2.05) is 19.1 Å². The summed E-state index contributed by atoms with van der Waals surface area (Å²) in [6.45, 7) is 3.48. The van der Waals surface area contributed by atoms with Gasteiger partial charge in [-0.05, 0) is 25.0 Å². The number of hydrogen-bond acceptors (Lipinski definition) is 3. The van der Waals surface area contributed by atoms with E-state index in [9.17, 15) is 13.2 Å². The summed E-state index contributed by atoms with van der Waals surface area (Å²) in [5.74, 6) is 0. The van der Waals surface area contributed by atoms with E-state index in [0.29, 0.717) is 0 Å². The van der Waals surface area contributed by atoms with Crippen LogP contribution in [0.15, 0.2) is 29.3 Å². The number of amidine groups is 1. The lowest BCUT2D eigenvalue weighted by molar-refractivity contribution is -0.208. The zero-order valence-electron chi connectivity index (χ0n) is 10.7. The number of aryl methyl sites for hydroxylation is 1. The van der Waals surface area contributed by atoms with Crippen LogP contribution in [0.5, 0.6) is 0 Å². The largest absolute Gasteiger partial charge is 0.452 e. The average molecular weight is 272 g/mol. The van der Waals surface area contributed by atoms with Gasteiger partial charge in [0.05, 0.1) is 5.54 Å². The van der Waals surface area contributed by atoms with E-state index < -0.39 is 23.8 Å². The van der Waals surface area contributed by atoms with Crippen molar-refractivity contribution in [2.75, 3.05) is 0 Å². The number of benzene rings is 1. The van der Waals surface area contributed by atoms with Gasteiger partial charge < -0.3 is 10.5 Å². The second kappa shape index (κ2) is 4.43. The Bertz CT molecular complexity index is 513. The molecule has 1 heterocycles. The van der Waals surface area contributed by atoms with Gasteiger partial charge in [-0.1, -0.05) is 24.3 Å². The van der Waals surface area contributed by atoms with Gasteiger partial charge in [0.15, 0.2) is 6.10 Å². The molecule has 0 radical (unpaired) electrons. The van der Waals surface area contributed by atoms with Crippen LogP contribution in [-0.2, 0) is 10.3 Å². The number of nitrogens with two attached hydrogens (primary N) is 1. The Morgan fingerprint density at radius 1 is 1.37 bits per heavy atom. The minimum atomic E-state index is -4.45. The van der Waals surface area contributed by atoms with Crippen LogP contribution in [0.1, 0.15) is 24.5 Å². The Balaban J connectivity index is 2.43. The Labute approximate surface area is 109 Å². The fourth-order valence-electron chi connectivity index (χ4n) is 2.39. The van der Waals surface area contributed by atoms with Crippen LogP contribution in [-0.4, -0.2) is 18.3 Å². The molecule has 0 saturated carbocycles. The molecule has 0 aromatic heterocycles. The zero-order valence-corrected chi connectivity index (χ0v) is 10.7. The number of alkyl halides is 3. The van der Waals surface area contributed by atoms with Crippen molar-refractivity contribution in [3.05, 3.63) is 35.4 Å². The van der Waals surface area contributed by atoms with Crippen LogP contribution in [0.25, 0.3) is 0 Å². The summed E-state index contributed by atoms with van der Waals surface area (Å²) in [6, 6.07) is 6.79. The minimum absolute atomic E-state index is 0.276. The molecule has 104 valence electrons. The molecular formula is C13H15F3N2O. The monoisotopic (exact) mass is 272 g/mol. The van der Waals surface area contributed by atoms with Gasteiger partial charge in [-0.2, -0.15) is 13.2 Å². The standard InChI is InChI=1S/C13H15F3N2O/c1-8-5-3-4-6-9(8)12(2)7-10(13(14,15)16)19-11(17)18-12/h3-6,10H,7H2,1-2H3,(H2,17,18)/t10-,12-/m0/s1. The summed E-state index contributed by atoms with van der Waals surface area (Å²) in [7, 11) is 0. The van der Waals surface area contributed by atoms with Crippen LogP contribution in [0.3, 0.4) is 0 Å². The van der Waals surface area contributed by atoms with Crippen molar-refractivity contribution in [2.45, 2.75) is 38.1 Å². The Morgan fingerprint density at radius 2 is 2.00 bits per heavy atom. The average Bonchev–Trinajstić information content (AvgIpc) is 2.27. The number of hydrogen-bond donors (Lipinski definition) is 1. The molecule has 0 bridgehead atoms. The third-order valence-electron chi connectivity index (χ3n) is 3.29. The van der Waals surface area contributed by atoms with Crippen molar-refractivity contribution < 1.29 is 17.9 Å². The van der Waals surface area contributed by atoms with Gasteiger partial charge in [0.1, 0.15) is 0 Å². The fourth-order valence-corrected chi connectivity index (χ4v) is 2.39. The summed E-state index contributed by atoms with van der Waals surface area (Å²) in [5.41, 5.74) is 6.00. The van der Waals surface area contributed by atoms with Gasteiger partial charge in [0, 0.05) is 6.42 Å². The molecular weight excluding hydrogens is 257 g/mol. The third-order valence-corrected chi connectivity index (χ3v) is 3.29. The lowest BCUT2D eigenvalue weighted by atomic mass is 9.83. The maximum Gasteiger partial charge on any atom is 0.425 e. The normalized spacial score (nSPS) is 27.6. The molecule has 0 amide bonds. The number of halogens is 3. The van der Waals surface area contributed by atoms with Crippen LogP contribution in [0.4, 0.5) is 13.2 Å². The van der Waals surface area contributed by atoms with Gasteiger partial charge in [-0.25, -0.2) is 4.99 Å². The molecule has 0 fully saturated rings. The quantitative estimate of drug-likeness (QED) is 0.854. The fraction of sp³-hybridized carbons (Fsp3) is 0.462. The topological polar surface area (TPSA) is 47.6 Å². The van der Waals surface area contributed by atoms with Crippen molar-refractivity contribution in [1.82, 2.24) is 0 Å². The maximum absolute atomic E-state index is 12.8. The van der Waals surface area contributed by atoms with Gasteiger partial charge in [-0.3, -0.25) is 0 Å². The number of aliphatic imine (C=N–C) groups is 1. The Morgan fingerprint density at radius 3 is 2.58 bits per heavy atom. The highest BCUT2D eigenvalue weighted by atomic mass is 19.4. The molecule has 1 aliphatic heterocycles. The molecule has 3 nitrogen and oxygen atoms in total. The number of rotatable bonds is 1. The maximum atomic E-state index is 12.8. The molecule has 6 heteroatoms. The lowest BCUT2D eigenvalue weighted by Crippen LogP contribution is -2.46. The van der Waals surface area contributed by atoms with E-state index in [2.05, 4.69) is 9.73 Å². The van der Waals surface area contributed by atoms with Crippen LogP contribution in [0, 0.1) is 6.92 Å². The predicted octanol–water partition coefficient (Wildman–Crippen LogP) is 2.88. The van der Waals surface area contributed by atoms with Gasteiger partial charge >= 0.3 is 6.18 Å². The molecule has 2 rings (SSSR count). The van der Waals surface area contributed by atoms with Crippen LogP contribution in [0.2, 0.25) is 0 Å². The van der Waals surface area contributed by atoms with E-state index >= 15 is 0 Å². The zero-order chi connectivity index (χ0) is 14.3. The lowest BCUT2D eigenvalue weighted by Gasteiger charge is -2.36. The Hall–Kier alpha value is -1.72. The molecule has 1 aliphatic rings. The summed E-state index contributed by atoms with van der Waals surface area (Å²) < 4.78 is 43.1. The summed E-state index contributed by atoms with van der Waals surface area (Å²) in [6.07, 6.45) is -6.65. The highest BCUT2D eigenvalue weighted by Crippen LogP contribution is 2.40. The van der Waals surface area contributed by atoms with E-state index in [1.54, 1.807) is 19.1 Å². The third kappa shape index (κ3) is 2.67. The first-order valence-corrected chi connectivity index (χ1v) is 5.87. The molecule has 1 aromatic carbocycles. The molecule has 19 heavy (non-hydrogen) atoms. The summed E-state index contributed by atoms with van der Waals surface area (Å²) >= 11 is 0. The molecule has 0 unspecified atom stereocenters. The van der Waals surface area contributed by atoms with Crippen LogP contribution >= 0.6 is 0 Å². The first kappa shape index (κ1) is 13.7. The Kier molecular flexibility index (Phi) is 3.20. The van der Waals surface area contributed by atoms with Crippen molar-refractivity contribution in [3.8, 4) is 0 Å². The minimum Gasteiger partial charge on any atom is -0.452 e. The smallest absolute Gasteiger partial charge is 0.425 e. The van der Waals surface area contributed by atoms with E-state index in [4.69, 9.17) is 5.73 Å².